The summed E-state index contributed by atoms with van der Waals surface area (Å²) in [5.41, 5.74) is 4.94. The molecule has 0 radical (unpaired) electrons. The van der Waals surface area contributed by atoms with Crippen LogP contribution in [-0.4, -0.2) is 10.3 Å². The Morgan fingerprint density at radius 3 is 2.48 bits per heavy atom. The Balaban J connectivity index is 2.27. The average molecular weight is 280 g/mol. The van der Waals surface area contributed by atoms with Gasteiger partial charge in [0.05, 0.1) is 11.3 Å². The van der Waals surface area contributed by atoms with Crippen molar-refractivity contribution < 1.29 is 0 Å². The Kier molecular flexibility index (Phi) is 3.28. The van der Waals surface area contributed by atoms with Gasteiger partial charge >= 0.3 is 0 Å². The highest BCUT2D eigenvalue weighted by Crippen LogP contribution is 2.36. The summed E-state index contributed by atoms with van der Waals surface area (Å²) in [6.07, 6.45) is 0. The minimum atomic E-state index is 0.0481. The smallest absolute Gasteiger partial charge is 0.190 e. The molecule has 1 aromatic carbocycles. The number of rotatable bonds is 2. The zero-order valence-electron chi connectivity index (χ0n) is 13.0. The quantitative estimate of drug-likeness (QED) is 0.825. The van der Waals surface area contributed by atoms with Crippen LogP contribution < -0.4 is 5.43 Å². The lowest BCUT2D eigenvalue weighted by Crippen LogP contribution is -2.21. The Hall–Kier alpha value is -2.16. The first-order chi connectivity index (χ1) is 10.1. The number of nitrogens with zero attached hydrogens (tertiary/aromatic N) is 2. The van der Waals surface area contributed by atoms with E-state index in [4.69, 9.17) is 4.99 Å². The molecule has 0 fully saturated rings. The normalized spacial score (nSPS) is 16.8. The van der Waals surface area contributed by atoms with Crippen LogP contribution in [0.2, 0.25) is 0 Å². The van der Waals surface area contributed by atoms with Gasteiger partial charge in [0.1, 0.15) is 5.82 Å². The van der Waals surface area contributed by atoms with Crippen LogP contribution in [0, 0.1) is 13.8 Å². The maximum absolute atomic E-state index is 12.7. The molecule has 1 atom stereocenters. The highest BCUT2D eigenvalue weighted by atomic mass is 16.1. The van der Waals surface area contributed by atoms with Gasteiger partial charge < -0.3 is 4.57 Å². The maximum Gasteiger partial charge on any atom is 0.190 e. The van der Waals surface area contributed by atoms with E-state index in [0.717, 1.165) is 40.5 Å². The number of hydrogen-bond acceptors (Lipinski definition) is 2. The van der Waals surface area contributed by atoms with E-state index in [1.54, 1.807) is 0 Å². The fourth-order valence-corrected chi connectivity index (χ4v) is 3.14. The number of benzene rings is 1. The molecule has 108 valence electrons. The molecule has 0 saturated carbocycles. The molecular weight excluding hydrogens is 260 g/mol. The van der Waals surface area contributed by atoms with Crippen molar-refractivity contribution in [1.29, 1.82) is 0 Å². The molecule has 2 aromatic rings. The molecule has 0 aliphatic carbocycles. The minimum Gasteiger partial charge on any atom is -0.330 e. The third kappa shape index (κ3) is 1.96. The van der Waals surface area contributed by atoms with Gasteiger partial charge in [0.2, 0.25) is 0 Å². The monoisotopic (exact) mass is 280 g/mol. The van der Waals surface area contributed by atoms with Crippen molar-refractivity contribution in [3.8, 4) is 0 Å². The molecular formula is C18H20N2O. The van der Waals surface area contributed by atoms with Crippen LogP contribution >= 0.6 is 0 Å². The van der Waals surface area contributed by atoms with Gasteiger partial charge in [-0.25, -0.2) is 4.99 Å². The van der Waals surface area contributed by atoms with E-state index in [0.29, 0.717) is 0 Å². The van der Waals surface area contributed by atoms with Gasteiger partial charge in [0.15, 0.2) is 5.43 Å². The molecule has 0 N–H and O–H groups in total. The Morgan fingerprint density at radius 1 is 1.19 bits per heavy atom. The predicted octanol–water partition coefficient (Wildman–Crippen LogP) is 3.72. The molecule has 1 aliphatic heterocycles. The van der Waals surface area contributed by atoms with Gasteiger partial charge in [-0.15, -0.1) is 0 Å². The molecule has 3 heteroatoms. The fourth-order valence-electron chi connectivity index (χ4n) is 3.14. The Morgan fingerprint density at radius 2 is 1.86 bits per heavy atom. The Bertz CT molecular complexity index is 785. The van der Waals surface area contributed by atoms with E-state index in [-0.39, 0.29) is 11.3 Å². The van der Waals surface area contributed by atoms with Crippen molar-refractivity contribution in [3.63, 3.8) is 0 Å². The number of pyridine rings is 1. The van der Waals surface area contributed by atoms with Crippen LogP contribution in [0.25, 0.3) is 0 Å². The van der Waals surface area contributed by atoms with E-state index in [2.05, 4.69) is 30.5 Å². The molecule has 3 rings (SSSR count). The van der Waals surface area contributed by atoms with Crippen molar-refractivity contribution in [2.75, 3.05) is 0 Å². The zero-order chi connectivity index (χ0) is 15.1. The molecule has 1 unspecified atom stereocenters. The van der Waals surface area contributed by atoms with Crippen LogP contribution in [0.5, 0.6) is 0 Å². The number of aliphatic imine (C=N–C) groups is 1. The second-order valence-electron chi connectivity index (χ2n) is 5.61. The van der Waals surface area contributed by atoms with E-state index in [1.807, 2.05) is 32.0 Å². The van der Waals surface area contributed by atoms with Crippen molar-refractivity contribution in [1.82, 2.24) is 4.57 Å². The largest absolute Gasteiger partial charge is 0.330 e. The lowest BCUT2D eigenvalue weighted by atomic mass is 9.93. The standard InChI is InChI=1S/C18H20N2O/c1-5-20-13(4)11(2)17(21)15-12(3)16(19-18(15)20)14-9-7-6-8-10-14/h6-10,12H,5H2,1-4H3. The van der Waals surface area contributed by atoms with Crippen LogP contribution in [0.15, 0.2) is 40.1 Å². The van der Waals surface area contributed by atoms with Crippen molar-refractivity contribution in [2.24, 2.45) is 4.99 Å². The molecule has 1 aromatic heterocycles. The van der Waals surface area contributed by atoms with Crippen molar-refractivity contribution in [3.05, 3.63) is 62.9 Å². The zero-order valence-corrected chi connectivity index (χ0v) is 13.0. The summed E-state index contributed by atoms with van der Waals surface area (Å²) < 4.78 is 2.15. The van der Waals surface area contributed by atoms with Gasteiger partial charge in [-0.1, -0.05) is 37.3 Å². The van der Waals surface area contributed by atoms with Gasteiger partial charge in [0.25, 0.3) is 0 Å². The number of hydrogen-bond donors (Lipinski definition) is 0. The summed E-state index contributed by atoms with van der Waals surface area (Å²) in [5, 5.41) is 0. The second kappa shape index (κ2) is 4.99. The van der Waals surface area contributed by atoms with E-state index < -0.39 is 0 Å². The summed E-state index contributed by atoms with van der Waals surface area (Å²) in [4.78, 5) is 17.5. The van der Waals surface area contributed by atoms with Gasteiger partial charge in [-0.3, -0.25) is 4.79 Å². The molecule has 0 amide bonds. The van der Waals surface area contributed by atoms with Gasteiger partial charge in [-0.05, 0) is 26.3 Å². The SMILES string of the molecule is CCn1c(C)c(C)c(=O)c2c1N=C(c1ccccc1)C2C. The highest BCUT2D eigenvalue weighted by molar-refractivity contribution is 6.09. The van der Waals surface area contributed by atoms with Gasteiger partial charge in [0, 0.05) is 23.7 Å². The van der Waals surface area contributed by atoms with Crippen molar-refractivity contribution in [2.45, 2.75) is 40.2 Å². The first-order valence-corrected chi connectivity index (χ1v) is 7.44. The van der Waals surface area contributed by atoms with Crippen molar-refractivity contribution >= 4 is 11.5 Å². The van der Waals surface area contributed by atoms with E-state index >= 15 is 0 Å². The molecule has 0 spiro atoms. The molecule has 3 nitrogen and oxygen atoms in total. The second-order valence-corrected chi connectivity index (χ2v) is 5.61. The predicted molar refractivity (Wildman–Crippen MR) is 86.9 cm³/mol. The summed E-state index contributed by atoms with van der Waals surface area (Å²) >= 11 is 0. The molecule has 21 heavy (non-hydrogen) atoms. The first-order valence-electron chi connectivity index (χ1n) is 7.44. The van der Waals surface area contributed by atoms with Gasteiger partial charge in [-0.2, -0.15) is 0 Å². The van der Waals surface area contributed by atoms with Crippen LogP contribution in [0.3, 0.4) is 0 Å². The third-order valence-electron chi connectivity index (χ3n) is 4.48. The van der Waals surface area contributed by atoms with Crippen LogP contribution in [-0.2, 0) is 6.54 Å². The molecule has 1 aliphatic rings. The van der Waals surface area contributed by atoms with Crippen LogP contribution in [0.4, 0.5) is 5.82 Å². The lowest BCUT2D eigenvalue weighted by molar-refractivity contribution is 0.718. The average Bonchev–Trinajstić information content (AvgIpc) is 2.84. The number of aromatic nitrogens is 1. The highest BCUT2D eigenvalue weighted by Gasteiger charge is 2.30. The summed E-state index contributed by atoms with van der Waals surface area (Å²) in [7, 11) is 0. The van der Waals surface area contributed by atoms with Crippen LogP contribution in [0.1, 0.15) is 42.1 Å². The topological polar surface area (TPSA) is 34.4 Å². The third-order valence-corrected chi connectivity index (χ3v) is 4.48. The summed E-state index contributed by atoms with van der Waals surface area (Å²) in [6.45, 7) is 8.91. The minimum absolute atomic E-state index is 0.0481. The Labute approximate surface area is 125 Å². The lowest BCUT2D eigenvalue weighted by Gasteiger charge is -2.16. The summed E-state index contributed by atoms with van der Waals surface area (Å²) in [5.74, 6) is 0.893. The van der Waals surface area contributed by atoms with E-state index in [9.17, 15) is 4.79 Å². The van der Waals surface area contributed by atoms with E-state index in [1.165, 1.54) is 0 Å². The maximum atomic E-state index is 12.7. The first kappa shape index (κ1) is 13.8. The summed E-state index contributed by atoms with van der Waals surface area (Å²) in [6, 6.07) is 10.1. The fraction of sp³-hybridized carbons (Fsp3) is 0.333. The molecule has 0 bridgehead atoms. The molecule has 0 saturated heterocycles. The number of fused-ring (bicyclic) bond motifs is 1. The molecule has 2 heterocycles.